The van der Waals surface area contributed by atoms with Gasteiger partial charge in [0.1, 0.15) is 11.5 Å². The maximum atomic E-state index is 11.6. The second-order valence-corrected chi connectivity index (χ2v) is 4.98. The van der Waals surface area contributed by atoms with Crippen LogP contribution in [0.3, 0.4) is 0 Å². The van der Waals surface area contributed by atoms with Crippen LogP contribution in [-0.2, 0) is 4.79 Å². The summed E-state index contributed by atoms with van der Waals surface area (Å²) in [6.07, 6.45) is 2.03. The van der Waals surface area contributed by atoms with Gasteiger partial charge in [-0.1, -0.05) is 12.1 Å². The van der Waals surface area contributed by atoms with E-state index >= 15 is 0 Å². The summed E-state index contributed by atoms with van der Waals surface area (Å²) in [6, 6.07) is 7.71. The van der Waals surface area contributed by atoms with Gasteiger partial charge >= 0.3 is 0 Å². The number of carbonyl (C=O) groups excluding carboxylic acids is 1. The third-order valence-corrected chi connectivity index (χ3v) is 3.28. The van der Waals surface area contributed by atoms with Gasteiger partial charge in [0, 0.05) is 24.1 Å². The van der Waals surface area contributed by atoms with Crippen LogP contribution in [0.25, 0.3) is 11.3 Å². The lowest BCUT2D eigenvalue weighted by Crippen LogP contribution is -2.12. The van der Waals surface area contributed by atoms with Crippen molar-refractivity contribution in [2.45, 2.75) is 26.7 Å². The Kier molecular flexibility index (Phi) is 2.85. The Morgan fingerprint density at radius 3 is 2.47 bits per heavy atom. The molecular formula is C15H16N2O2. The number of nitrogens with one attached hydrogen (secondary N) is 1. The zero-order chi connectivity index (χ0) is 13.4. The molecule has 1 aliphatic rings. The molecule has 2 aromatic rings. The van der Waals surface area contributed by atoms with Crippen LogP contribution >= 0.6 is 0 Å². The summed E-state index contributed by atoms with van der Waals surface area (Å²) >= 11 is 0. The number of aromatic nitrogens is 1. The Morgan fingerprint density at radius 1 is 1.26 bits per heavy atom. The number of hydrogen-bond acceptors (Lipinski definition) is 3. The predicted molar refractivity (Wildman–Crippen MR) is 72.8 cm³/mol. The van der Waals surface area contributed by atoms with Crippen molar-refractivity contribution in [2.75, 3.05) is 5.32 Å². The lowest BCUT2D eigenvalue weighted by molar-refractivity contribution is -0.117. The van der Waals surface area contributed by atoms with Crippen molar-refractivity contribution in [3.63, 3.8) is 0 Å². The molecule has 4 heteroatoms. The van der Waals surface area contributed by atoms with E-state index in [1.165, 1.54) is 0 Å². The van der Waals surface area contributed by atoms with Gasteiger partial charge in [-0.25, -0.2) is 4.98 Å². The van der Waals surface area contributed by atoms with Gasteiger partial charge in [-0.3, -0.25) is 4.79 Å². The second kappa shape index (κ2) is 4.53. The van der Waals surface area contributed by atoms with E-state index in [9.17, 15) is 4.79 Å². The topological polar surface area (TPSA) is 55.1 Å². The number of amides is 1. The van der Waals surface area contributed by atoms with Crippen molar-refractivity contribution < 1.29 is 9.21 Å². The van der Waals surface area contributed by atoms with Crippen LogP contribution in [0.4, 0.5) is 5.69 Å². The molecule has 4 nitrogen and oxygen atoms in total. The highest BCUT2D eigenvalue weighted by molar-refractivity contribution is 5.94. The third kappa shape index (κ3) is 2.52. The second-order valence-electron chi connectivity index (χ2n) is 4.98. The minimum Gasteiger partial charge on any atom is -0.446 e. The zero-order valence-corrected chi connectivity index (χ0v) is 11.1. The minimum atomic E-state index is 0.126. The van der Waals surface area contributed by atoms with Crippen molar-refractivity contribution >= 4 is 11.6 Å². The highest BCUT2D eigenvalue weighted by Gasteiger charge is 2.29. The molecule has 1 aliphatic carbocycles. The molecule has 0 aliphatic heterocycles. The summed E-state index contributed by atoms with van der Waals surface area (Å²) in [5, 5.41) is 2.92. The summed E-state index contributed by atoms with van der Waals surface area (Å²) in [6.45, 7) is 3.73. The Morgan fingerprint density at radius 2 is 1.95 bits per heavy atom. The molecule has 1 amide bonds. The smallest absolute Gasteiger partial charge is 0.227 e. The maximum Gasteiger partial charge on any atom is 0.227 e. The average molecular weight is 256 g/mol. The molecule has 19 heavy (non-hydrogen) atoms. The zero-order valence-electron chi connectivity index (χ0n) is 11.1. The van der Waals surface area contributed by atoms with Crippen molar-refractivity contribution in [2.24, 2.45) is 5.92 Å². The van der Waals surface area contributed by atoms with E-state index in [2.05, 4.69) is 10.3 Å². The van der Waals surface area contributed by atoms with E-state index in [-0.39, 0.29) is 11.8 Å². The quantitative estimate of drug-likeness (QED) is 0.916. The van der Waals surface area contributed by atoms with E-state index in [4.69, 9.17) is 4.42 Å². The van der Waals surface area contributed by atoms with Crippen LogP contribution in [0.2, 0.25) is 0 Å². The Bertz CT molecular complexity index is 610. The summed E-state index contributed by atoms with van der Waals surface area (Å²) in [7, 11) is 0. The molecule has 0 radical (unpaired) electrons. The lowest BCUT2D eigenvalue weighted by Gasteiger charge is -2.05. The summed E-state index contributed by atoms with van der Waals surface area (Å²) in [4.78, 5) is 16.0. The molecule has 0 spiro atoms. The molecule has 0 bridgehead atoms. The van der Waals surface area contributed by atoms with E-state index in [1.54, 1.807) is 0 Å². The Balaban J connectivity index is 1.78. The predicted octanol–water partition coefficient (Wildman–Crippen LogP) is 3.31. The first-order valence-electron chi connectivity index (χ1n) is 6.49. The first-order valence-corrected chi connectivity index (χ1v) is 6.49. The number of oxazole rings is 1. The molecule has 1 fully saturated rings. The van der Waals surface area contributed by atoms with Gasteiger partial charge in [0.25, 0.3) is 0 Å². The van der Waals surface area contributed by atoms with Crippen molar-refractivity contribution in [1.29, 1.82) is 0 Å². The van der Waals surface area contributed by atoms with Crippen molar-refractivity contribution in [3.8, 4) is 11.3 Å². The standard InChI is InChI=1S/C15H16N2O2/c1-9-14(16-10(2)19-9)11-5-7-13(8-6-11)17-15(18)12-3-4-12/h5-8,12H,3-4H2,1-2H3,(H,17,18). The van der Waals surface area contributed by atoms with Gasteiger partial charge < -0.3 is 9.73 Å². The Labute approximate surface area is 111 Å². The number of carbonyl (C=O) groups is 1. The molecule has 1 heterocycles. The fourth-order valence-corrected chi connectivity index (χ4v) is 2.10. The normalized spacial score (nSPS) is 14.4. The van der Waals surface area contributed by atoms with Crippen LogP contribution in [0.1, 0.15) is 24.5 Å². The van der Waals surface area contributed by atoms with Gasteiger partial charge in [0.15, 0.2) is 5.89 Å². The fourth-order valence-electron chi connectivity index (χ4n) is 2.10. The minimum absolute atomic E-state index is 0.126. The maximum absolute atomic E-state index is 11.6. The highest BCUT2D eigenvalue weighted by Crippen LogP contribution is 2.30. The number of aryl methyl sites for hydroxylation is 2. The summed E-state index contributed by atoms with van der Waals surface area (Å²) in [5.74, 6) is 1.83. The largest absolute Gasteiger partial charge is 0.446 e. The van der Waals surface area contributed by atoms with Crippen LogP contribution in [0, 0.1) is 19.8 Å². The molecule has 3 rings (SSSR count). The van der Waals surface area contributed by atoms with E-state index in [0.29, 0.717) is 5.89 Å². The first-order chi connectivity index (χ1) is 9.13. The number of anilines is 1. The van der Waals surface area contributed by atoms with E-state index in [0.717, 1.165) is 35.5 Å². The molecule has 0 saturated heterocycles. The molecule has 0 atom stereocenters. The number of hydrogen-bond donors (Lipinski definition) is 1. The fraction of sp³-hybridized carbons (Fsp3) is 0.333. The average Bonchev–Trinajstić information content (AvgIpc) is 3.16. The molecule has 1 aromatic carbocycles. The van der Waals surface area contributed by atoms with Gasteiger partial charge in [-0.2, -0.15) is 0 Å². The Hall–Kier alpha value is -2.10. The van der Waals surface area contributed by atoms with Gasteiger partial charge in [0.2, 0.25) is 5.91 Å². The lowest BCUT2D eigenvalue weighted by atomic mass is 10.1. The molecular weight excluding hydrogens is 240 g/mol. The first kappa shape index (κ1) is 12.0. The van der Waals surface area contributed by atoms with Crippen LogP contribution in [0.15, 0.2) is 28.7 Å². The SMILES string of the molecule is Cc1nc(-c2ccc(NC(=O)C3CC3)cc2)c(C)o1. The molecule has 98 valence electrons. The van der Waals surface area contributed by atoms with Gasteiger partial charge in [0.05, 0.1) is 0 Å². The van der Waals surface area contributed by atoms with Crippen LogP contribution in [0.5, 0.6) is 0 Å². The number of rotatable bonds is 3. The highest BCUT2D eigenvalue weighted by atomic mass is 16.4. The van der Waals surface area contributed by atoms with Crippen molar-refractivity contribution in [1.82, 2.24) is 4.98 Å². The van der Waals surface area contributed by atoms with Crippen LogP contribution in [-0.4, -0.2) is 10.9 Å². The van der Waals surface area contributed by atoms with Gasteiger partial charge in [-0.15, -0.1) is 0 Å². The number of benzene rings is 1. The van der Waals surface area contributed by atoms with Crippen LogP contribution < -0.4 is 5.32 Å². The van der Waals surface area contributed by atoms with E-state index < -0.39 is 0 Å². The monoisotopic (exact) mass is 256 g/mol. The molecule has 1 saturated carbocycles. The van der Waals surface area contributed by atoms with E-state index in [1.807, 2.05) is 38.1 Å². The number of nitrogens with zero attached hydrogens (tertiary/aromatic N) is 1. The molecule has 1 aromatic heterocycles. The third-order valence-electron chi connectivity index (χ3n) is 3.28. The van der Waals surface area contributed by atoms with Crippen molar-refractivity contribution in [3.05, 3.63) is 35.9 Å². The van der Waals surface area contributed by atoms with Gasteiger partial charge in [-0.05, 0) is 31.9 Å². The summed E-state index contributed by atoms with van der Waals surface area (Å²) in [5.41, 5.74) is 2.69. The molecule has 0 unspecified atom stereocenters. The molecule has 1 N–H and O–H groups in total. The summed E-state index contributed by atoms with van der Waals surface area (Å²) < 4.78 is 5.42.